The summed E-state index contributed by atoms with van der Waals surface area (Å²) in [5.41, 5.74) is 1.99. The van der Waals surface area contributed by atoms with Crippen molar-refractivity contribution in [3.63, 3.8) is 0 Å². The van der Waals surface area contributed by atoms with Gasteiger partial charge in [-0.2, -0.15) is 0 Å². The van der Waals surface area contributed by atoms with Gasteiger partial charge in [0, 0.05) is 19.5 Å². The molecule has 0 saturated heterocycles. The van der Waals surface area contributed by atoms with E-state index in [1.54, 1.807) is 24.3 Å². The summed E-state index contributed by atoms with van der Waals surface area (Å²) < 4.78 is 32.4. The van der Waals surface area contributed by atoms with Crippen molar-refractivity contribution in [3.8, 4) is 5.75 Å². The fourth-order valence-corrected chi connectivity index (χ4v) is 3.65. The lowest BCUT2D eigenvalue weighted by molar-refractivity contribution is -0.127. The van der Waals surface area contributed by atoms with E-state index in [4.69, 9.17) is 4.74 Å². The van der Waals surface area contributed by atoms with Crippen LogP contribution in [0.1, 0.15) is 11.1 Å². The number of hydrogen-bond donors (Lipinski definition) is 2. The minimum absolute atomic E-state index is 0.113. The van der Waals surface area contributed by atoms with E-state index in [-0.39, 0.29) is 23.9 Å². The number of sulfonamides is 1. The zero-order chi connectivity index (χ0) is 17.9. The average Bonchev–Trinajstić information content (AvgIpc) is 3.03. The van der Waals surface area contributed by atoms with Crippen LogP contribution in [0, 0.1) is 6.92 Å². The Hall–Kier alpha value is -2.38. The number of para-hydroxylation sites is 1. The normalized spacial score (nSPS) is 16.1. The van der Waals surface area contributed by atoms with Crippen LogP contribution < -0.4 is 14.8 Å². The molecule has 3 rings (SSSR count). The Morgan fingerprint density at radius 1 is 1.12 bits per heavy atom. The molecule has 0 aromatic heterocycles. The Balaban J connectivity index is 1.46. The van der Waals surface area contributed by atoms with Gasteiger partial charge >= 0.3 is 0 Å². The fraction of sp³-hybridized carbons (Fsp3) is 0.278. The number of fused-ring (bicyclic) bond motifs is 1. The SMILES string of the molecule is Cc1ccc(S(=O)(=O)NCCNC(=O)[C@@H]2Cc3ccccc3O2)cc1. The summed E-state index contributed by atoms with van der Waals surface area (Å²) in [7, 11) is -3.57. The summed E-state index contributed by atoms with van der Waals surface area (Å²) in [5, 5.41) is 2.70. The molecule has 2 N–H and O–H groups in total. The molecule has 0 radical (unpaired) electrons. The zero-order valence-electron chi connectivity index (χ0n) is 13.9. The van der Waals surface area contributed by atoms with Crippen LogP contribution in [0.25, 0.3) is 0 Å². The number of rotatable bonds is 6. The molecule has 0 saturated carbocycles. The van der Waals surface area contributed by atoms with E-state index in [2.05, 4.69) is 10.0 Å². The Bertz CT molecular complexity index is 838. The predicted molar refractivity (Wildman–Crippen MR) is 93.9 cm³/mol. The van der Waals surface area contributed by atoms with Crippen LogP contribution in [0.15, 0.2) is 53.4 Å². The summed E-state index contributed by atoms with van der Waals surface area (Å²) in [6.45, 7) is 2.20. The van der Waals surface area contributed by atoms with Crippen LogP contribution >= 0.6 is 0 Å². The second-order valence-corrected chi connectivity index (χ2v) is 7.69. The molecule has 1 heterocycles. The number of hydrogen-bond acceptors (Lipinski definition) is 4. The molecule has 0 bridgehead atoms. The van der Waals surface area contributed by atoms with E-state index < -0.39 is 16.1 Å². The van der Waals surface area contributed by atoms with Crippen LogP contribution in [0.2, 0.25) is 0 Å². The van der Waals surface area contributed by atoms with Crippen molar-refractivity contribution >= 4 is 15.9 Å². The van der Waals surface area contributed by atoms with E-state index in [0.29, 0.717) is 6.42 Å². The molecule has 1 atom stereocenters. The largest absolute Gasteiger partial charge is 0.480 e. The maximum absolute atomic E-state index is 12.1. The topological polar surface area (TPSA) is 84.5 Å². The van der Waals surface area contributed by atoms with Crippen molar-refractivity contribution in [1.82, 2.24) is 10.0 Å². The maximum Gasteiger partial charge on any atom is 0.261 e. The number of carbonyl (C=O) groups is 1. The Kier molecular flexibility index (Phi) is 5.06. The monoisotopic (exact) mass is 360 g/mol. The number of benzene rings is 2. The highest BCUT2D eigenvalue weighted by Gasteiger charge is 2.28. The number of carbonyl (C=O) groups excluding carboxylic acids is 1. The van der Waals surface area contributed by atoms with Crippen LogP contribution in [-0.2, 0) is 21.2 Å². The lowest BCUT2D eigenvalue weighted by Gasteiger charge is -2.12. The van der Waals surface area contributed by atoms with Gasteiger partial charge in [-0.1, -0.05) is 35.9 Å². The minimum atomic E-state index is -3.57. The first-order chi connectivity index (χ1) is 12.0. The van der Waals surface area contributed by atoms with Crippen molar-refractivity contribution < 1.29 is 17.9 Å². The predicted octanol–water partition coefficient (Wildman–Crippen LogP) is 1.39. The molecule has 1 aliphatic rings. The first-order valence-corrected chi connectivity index (χ1v) is 9.52. The molecule has 0 aliphatic carbocycles. The number of ether oxygens (including phenoxy) is 1. The number of amides is 1. The molecule has 0 fully saturated rings. The van der Waals surface area contributed by atoms with Gasteiger partial charge in [-0.05, 0) is 30.7 Å². The van der Waals surface area contributed by atoms with Gasteiger partial charge in [0.1, 0.15) is 5.75 Å². The average molecular weight is 360 g/mol. The van der Waals surface area contributed by atoms with Crippen LogP contribution in [0.3, 0.4) is 0 Å². The molecule has 0 spiro atoms. The van der Waals surface area contributed by atoms with E-state index in [1.165, 1.54) is 0 Å². The summed E-state index contributed by atoms with van der Waals surface area (Å²) in [4.78, 5) is 12.3. The highest BCUT2D eigenvalue weighted by Crippen LogP contribution is 2.27. The van der Waals surface area contributed by atoms with Crippen molar-refractivity contribution in [2.45, 2.75) is 24.3 Å². The third-order valence-electron chi connectivity index (χ3n) is 3.99. The summed E-state index contributed by atoms with van der Waals surface area (Å²) >= 11 is 0. The maximum atomic E-state index is 12.1. The lowest BCUT2D eigenvalue weighted by Crippen LogP contribution is -2.41. The summed E-state index contributed by atoms with van der Waals surface area (Å²) in [6, 6.07) is 14.1. The minimum Gasteiger partial charge on any atom is -0.480 e. The van der Waals surface area contributed by atoms with Crippen molar-refractivity contribution in [2.75, 3.05) is 13.1 Å². The summed E-state index contributed by atoms with van der Waals surface area (Å²) in [5.74, 6) is 0.480. The molecular weight excluding hydrogens is 340 g/mol. The van der Waals surface area contributed by atoms with Crippen molar-refractivity contribution in [3.05, 3.63) is 59.7 Å². The van der Waals surface area contributed by atoms with Gasteiger partial charge in [-0.15, -0.1) is 0 Å². The molecule has 1 aliphatic heterocycles. The van der Waals surface area contributed by atoms with Gasteiger partial charge in [0.05, 0.1) is 4.90 Å². The highest BCUT2D eigenvalue weighted by atomic mass is 32.2. The molecule has 0 unspecified atom stereocenters. The molecule has 2 aromatic rings. The lowest BCUT2D eigenvalue weighted by atomic mass is 10.1. The molecular formula is C18H20N2O4S. The van der Waals surface area contributed by atoms with Crippen molar-refractivity contribution in [2.24, 2.45) is 0 Å². The third kappa shape index (κ3) is 4.18. The van der Waals surface area contributed by atoms with E-state index in [1.807, 2.05) is 31.2 Å². The number of nitrogens with one attached hydrogen (secondary N) is 2. The quantitative estimate of drug-likeness (QED) is 0.763. The smallest absolute Gasteiger partial charge is 0.261 e. The Labute approximate surface area is 147 Å². The van der Waals surface area contributed by atoms with E-state index in [9.17, 15) is 13.2 Å². The first kappa shape index (κ1) is 17.4. The van der Waals surface area contributed by atoms with Gasteiger partial charge in [0.15, 0.2) is 6.10 Å². The second kappa shape index (κ2) is 7.25. The Morgan fingerprint density at radius 3 is 2.56 bits per heavy atom. The van der Waals surface area contributed by atoms with E-state index >= 15 is 0 Å². The third-order valence-corrected chi connectivity index (χ3v) is 5.46. The van der Waals surface area contributed by atoms with Crippen molar-refractivity contribution in [1.29, 1.82) is 0 Å². The van der Waals surface area contributed by atoms with Gasteiger partial charge in [0.2, 0.25) is 10.0 Å². The molecule has 6 nitrogen and oxygen atoms in total. The van der Waals surface area contributed by atoms with Crippen LogP contribution in [0.5, 0.6) is 5.75 Å². The van der Waals surface area contributed by atoms with Crippen LogP contribution in [-0.4, -0.2) is 33.5 Å². The standard InChI is InChI=1S/C18H20N2O4S/c1-13-6-8-15(9-7-13)25(22,23)20-11-10-19-18(21)17-12-14-4-2-3-5-16(14)24-17/h2-9,17,20H,10-12H2,1H3,(H,19,21)/t17-/m0/s1. The van der Waals surface area contributed by atoms with Crippen LogP contribution in [0.4, 0.5) is 0 Å². The number of aryl methyl sites for hydroxylation is 1. The van der Waals surface area contributed by atoms with Gasteiger partial charge in [-0.3, -0.25) is 4.79 Å². The molecule has 2 aromatic carbocycles. The molecule has 7 heteroatoms. The fourth-order valence-electron chi connectivity index (χ4n) is 2.61. The van der Waals surface area contributed by atoms with Gasteiger partial charge in [0.25, 0.3) is 5.91 Å². The molecule has 25 heavy (non-hydrogen) atoms. The zero-order valence-corrected chi connectivity index (χ0v) is 14.7. The first-order valence-electron chi connectivity index (χ1n) is 8.04. The van der Waals surface area contributed by atoms with E-state index in [0.717, 1.165) is 16.9 Å². The van der Waals surface area contributed by atoms with Gasteiger partial charge < -0.3 is 10.1 Å². The second-order valence-electron chi connectivity index (χ2n) is 5.92. The summed E-state index contributed by atoms with van der Waals surface area (Å²) in [6.07, 6.45) is -0.0389. The molecule has 132 valence electrons. The highest BCUT2D eigenvalue weighted by molar-refractivity contribution is 7.89. The molecule has 1 amide bonds. The Morgan fingerprint density at radius 2 is 1.84 bits per heavy atom. The van der Waals surface area contributed by atoms with Gasteiger partial charge in [-0.25, -0.2) is 13.1 Å².